The number of aromatic carboxylic acids is 1. The number of carbonyl (C=O) groups is 2. The van der Waals surface area contributed by atoms with Crippen LogP contribution in [0.5, 0.6) is 0 Å². The lowest BCUT2D eigenvalue weighted by molar-refractivity contribution is -0.189. The molecule has 31 heavy (non-hydrogen) atoms. The zero-order chi connectivity index (χ0) is 22.0. The quantitative estimate of drug-likeness (QED) is 0.785. The minimum Gasteiger partial charge on any atom is -0.477 e. The van der Waals surface area contributed by atoms with Gasteiger partial charge in [0.05, 0.1) is 23.6 Å². The summed E-state index contributed by atoms with van der Waals surface area (Å²) in [7, 11) is 0. The van der Waals surface area contributed by atoms with Crippen molar-refractivity contribution in [2.75, 3.05) is 24.6 Å². The first-order valence-electron chi connectivity index (χ1n) is 10.0. The van der Waals surface area contributed by atoms with Gasteiger partial charge in [-0.2, -0.15) is 5.26 Å². The van der Waals surface area contributed by atoms with Crippen molar-refractivity contribution in [3.8, 4) is 6.07 Å². The molecule has 2 aliphatic heterocycles. The summed E-state index contributed by atoms with van der Waals surface area (Å²) in [6.45, 7) is 3.39. The third-order valence-electron chi connectivity index (χ3n) is 5.91. The van der Waals surface area contributed by atoms with E-state index in [4.69, 9.17) is 15.2 Å². The molecular weight excluding hydrogens is 400 g/mol. The predicted molar refractivity (Wildman–Crippen MR) is 108 cm³/mol. The maximum atomic E-state index is 13.4. The first kappa shape index (κ1) is 20.7. The number of pyridine rings is 1. The first-order chi connectivity index (χ1) is 14.9. The molecule has 10 heteroatoms. The summed E-state index contributed by atoms with van der Waals surface area (Å²) >= 11 is 0. The van der Waals surface area contributed by atoms with Gasteiger partial charge in [-0.25, -0.2) is 19.8 Å². The monoisotopic (exact) mass is 422 g/mol. The van der Waals surface area contributed by atoms with Crippen molar-refractivity contribution in [1.82, 2.24) is 20.0 Å². The number of hydrogen-bond acceptors (Lipinski definition) is 8. The average molecular weight is 422 g/mol. The fourth-order valence-corrected chi connectivity index (χ4v) is 3.97. The summed E-state index contributed by atoms with van der Waals surface area (Å²) < 4.78 is 0. The number of hydroxylamine groups is 2. The summed E-state index contributed by atoms with van der Waals surface area (Å²) in [6.07, 6.45) is 6.32. The van der Waals surface area contributed by atoms with E-state index in [0.29, 0.717) is 50.5 Å². The predicted octanol–water partition coefficient (Wildman–Crippen LogP) is 1.95. The normalized spacial score (nSPS) is 20.3. The highest BCUT2D eigenvalue weighted by Gasteiger charge is 2.44. The fourth-order valence-electron chi connectivity index (χ4n) is 3.97. The molecule has 1 N–H and O–H groups in total. The van der Waals surface area contributed by atoms with E-state index < -0.39 is 11.4 Å². The van der Waals surface area contributed by atoms with E-state index in [1.807, 2.05) is 11.8 Å². The Morgan fingerprint density at radius 1 is 1.32 bits per heavy atom. The molecule has 2 fully saturated rings. The lowest BCUT2D eigenvalue weighted by Gasteiger charge is -2.40. The Bertz CT molecular complexity index is 1040. The molecule has 4 rings (SSSR count). The number of hydrogen-bond donors (Lipinski definition) is 1. The van der Waals surface area contributed by atoms with Crippen LogP contribution < -0.4 is 4.90 Å². The Morgan fingerprint density at radius 3 is 2.81 bits per heavy atom. The standard InChI is InChI=1S/C21H22N6O4/c1-21(4-7-26(8-5-21)20-24-6-2-16(25-20)18(28)29)19(30)27-17(3-9-31-27)15-10-14(11-22)12-23-13-15/h2,6,10,12-13,17H,3-5,7-9H2,1H3,(H,28,29)/t17-/m0/s1. The maximum Gasteiger partial charge on any atom is 0.354 e. The van der Waals surface area contributed by atoms with Gasteiger partial charge >= 0.3 is 5.97 Å². The van der Waals surface area contributed by atoms with Crippen molar-refractivity contribution >= 4 is 17.8 Å². The van der Waals surface area contributed by atoms with Gasteiger partial charge < -0.3 is 10.0 Å². The van der Waals surface area contributed by atoms with Crippen LogP contribution in [0, 0.1) is 16.7 Å². The Balaban J connectivity index is 1.47. The summed E-state index contributed by atoms with van der Waals surface area (Å²) in [5.74, 6) is -0.853. The molecule has 2 aliphatic rings. The van der Waals surface area contributed by atoms with Gasteiger partial charge in [-0.05, 0) is 30.5 Å². The lowest BCUT2D eigenvalue weighted by Crippen LogP contribution is -2.48. The van der Waals surface area contributed by atoms with Crippen LogP contribution in [0.1, 0.15) is 53.8 Å². The molecule has 0 saturated carbocycles. The van der Waals surface area contributed by atoms with Crippen molar-refractivity contribution in [2.45, 2.75) is 32.2 Å². The van der Waals surface area contributed by atoms with Crippen LogP contribution >= 0.6 is 0 Å². The first-order valence-corrected chi connectivity index (χ1v) is 10.0. The molecule has 1 amide bonds. The van der Waals surface area contributed by atoms with Gasteiger partial charge in [0, 0.05) is 38.1 Å². The van der Waals surface area contributed by atoms with E-state index in [0.717, 1.165) is 5.56 Å². The van der Waals surface area contributed by atoms with Crippen LogP contribution in [0.3, 0.4) is 0 Å². The van der Waals surface area contributed by atoms with Gasteiger partial charge in [0.15, 0.2) is 5.69 Å². The molecule has 0 aliphatic carbocycles. The van der Waals surface area contributed by atoms with E-state index in [9.17, 15) is 9.59 Å². The van der Waals surface area contributed by atoms with Gasteiger partial charge in [-0.15, -0.1) is 0 Å². The van der Waals surface area contributed by atoms with Crippen LogP contribution in [0.2, 0.25) is 0 Å². The van der Waals surface area contributed by atoms with Gasteiger partial charge in [0.1, 0.15) is 6.07 Å². The number of aromatic nitrogens is 3. The van der Waals surface area contributed by atoms with Crippen molar-refractivity contribution < 1.29 is 19.5 Å². The molecule has 2 aromatic rings. The van der Waals surface area contributed by atoms with Crippen molar-refractivity contribution in [3.63, 3.8) is 0 Å². The number of carboxylic acid groups (broad SMARTS) is 1. The van der Waals surface area contributed by atoms with Crippen molar-refractivity contribution in [1.29, 1.82) is 5.26 Å². The molecule has 2 saturated heterocycles. The van der Waals surface area contributed by atoms with Crippen LogP contribution in [-0.4, -0.2) is 56.7 Å². The number of piperidine rings is 1. The molecule has 0 aromatic carbocycles. The number of anilines is 1. The lowest BCUT2D eigenvalue weighted by atomic mass is 9.79. The number of nitriles is 1. The summed E-state index contributed by atoms with van der Waals surface area (Å²) in [4.78, 5) is 44.6. The Labute approximate surface area is 179 Å². The van der Waals surface area contributed by atoms with Gasteiger partial charge in [0.25, 0.3) is 5.91 Å². The number of rotatable bonds is 4. The van der Waals surface area contributed by atoms with Crippen LogP contribution in [0.25, 0.3) is 0 Å². The zero-order valence-corrected chi connectivity index (χ0v) is 17.1. The Hall–Kier alpha value is -3.58. The van der Waals surface area contributed by atoms with Gasteiger partial charge in [-0.3, -0.25) is 14.6 Å². The number of carboxylic acids is 1. The highest BCUT2D eigenvalue weighted by molar-refractivity contribution is 5.85. The second-order valence-electron chi connectivity index (χ2n) is 7.98. The fraction of sp³-hybridized carbons (Fsp3) is 0.429. The highest BCUT2D eigenvalue weighted by atomic mass is 16.7. The van der Waals surface area contributed by atoms with Gasteiger partial charge in [-0.1, -0.05) is 6.92 Å². The Morgan fingerprint density at radius 2 is 2.10 bits per heavy atom. The second kappa shape index (κ2) is 8.28. The van der Waals surface area contributed by atoms with Gasteiger partial charge in [0.2, 0.25) is 5.95 Å². The van der Waals surface area contributed by atoms with Crippen LogP contribution in [-0.2, 0) is 9.63 Å². The van der Waals surface area contributed by atoms with E-state index in [1.54, 1.807) is 12.3 Å². The molecular formula is C21H22N6O4. The van der Waals surface area contributed by atoms with E-state index in [2.05, 4.69) is 21.0 Å². The largest absolute Gasteiger partial charge is 0.477 e. The molecule has 2 aromatic heterocycles. The molecule has 4 heterocycles. The molecule has 1 atom stereocenters. The number of nitrogens with zero attached hydrogens (tertiary/aromatic N) is 6. The van der Waals surface area contributed by atoms with E-state index in [-0.39, 0.29) is 17.6 Å². The molecule has 0 spiro atoms. The molecule has 160 valence electrons. The third-order valence-corrected chi connectivity index (χ3v) is 5.91. The molecule has 0 unspecified atom stereocenters. The summed E-state index contributed by atoms with van der Waals surface area (Å²) in [5.41, 5.74) is 0.532. The van der Waals surface area contributed by atoms with Crippen molar-refractivity contribution in [3.05, 3.63) is 47.5 Å². The minimum absolute atomic E-state index is 0.0593. The van der Waals surface area contributed by atoms with Crippen LogP contribution in [0.4, 0.5) is 5.95 Å². The summed E-state index contributed by atoms with van der Waals surface area (Å²) in [6, 6.07) is 4.89. The highest BCUT2D eigenvalue weighted by Crippen LogP contribution is 2.39. The smallest absolute Gasteiger partial charge is 0.354 e. The molecule has 0 bridgehead atoms. The van der Waals surface area contributed by atoms with Crippen LogP contribution in [0.15, 0.2) is 30.7 Å². The summed E-state index contributed by atoms with van der Waals surface area (Å²) in [5, 5.41) is 19.7. The average Bonchev–Trinajstić information content (AvgIpc) is 3.29. The van der Waals surface area contributed by atoms with Crippen molar-refractivity contribution in [2.24, 2.45) is 5.41 Å². The third kappa shape index (κ3) is 4.04. The Kier molecular flexibility index (Phi) is 5.52. The number of amides is 1. The number of carbonyl (C=O) groups excluding carboxylic acids is 1. The zero-order valence-electron chi connectivity index (χ0n) is 17.1. The topological polar surface area (TPSA) is 133 Å². The minimum atomic E-state index is -1.10. The SMILES string of the molecule is CC1(C(=O)N2OCC[C@H]2c2cncc(C#N)c2)CCN(c2nccc(C(=O)O)n2)CC1. The van der Waals surface area contributed by atoms with E-state index >= 15 is 0 Å². The van der Waals surface area contributed by atoms with E-state index in [1.165, 1.54) is 23.5 Å². The maximum absolute atomic E-state index is 13.4. The molecule has 0 radical (unpaired) electrons. The molecule has 10 nitrogen and oxygen atoms in total. The second-order valence-corrected chi connectivity index (χ2v) is 7.98.